The Hall–Kier alpha value is -1.82. The second-order valence-corrected chi connectivity index (χ2v) is 5.05. The lowest BCUT2D eigenvalue weighted by atomic mass is 10.1. The molecule has 1 amide bonds. The van der Waals surface area contributed by atoms with E-state index in [1.165, 1.54) is 6.07 Å². The molecule has 0 unspecified atom stereocenters. The average molecular weight is 282 g/mol. The summed E-state index contributed by atoms with van der Waals surface area (Å²) in [5, 5.41) is 0. The highest BCUT2D eigenvalue weighted by atomic mass is 19.1. The molecule has 0 atom stereocenters. The normalized spacial score (nSPS) is 10.8. The Labute approximate surface area is 119 Å². The van der Waals surface area contributed by atoms with Gasteiger partial charge in [-0.1, -0.05) is 6.92 Å². The first-order chi connectivity index (χ1) is 9.36. The zero-order valence-corrected chi connectivity index (χ0v) is 12.3. The SMILES string of the molecule is CCCN(CCN(C)C)c1cc(C(N)=O)c(N)cc1F. The molecule has 0 aliphatic rings. The minimum Gasteiger partial charge on any atom is -0.398 e. The fourth-order valence-corrected chi connectivity index (χ4v) is 1.98. The quantitative estimate of drug-likeness (QED) is 0.739. The molecule has 1 rings (SSSR count). The molecule has 1 aromatic rings. The van der Waals surface area contributed by atoms with Crippen LogP contribution in [0.5, 0.6) is 0 Å². The largest absolute Gasteiger partial charge is 0.398 e. The summed E-state index contributed by atoms with van der Waals surface area (Å²) in [5.41, 5.74) is 11.5. The predicted octanol–water partition coefficient (Wildman–Crippen LogP) is 1.28. The van der Waals surface area contributed by atoms with Crippen molar-refractivity contribution >= 4 is 17.3 Å². The van der Waals surface area contributed by atoms with Crippen LogP contribution >= 0.6 is 0 Å². The summed E-state index contributed by atoms with van der Waals surface area (Å²) >= 11 is 0. The lowest BCUT2D eigenvalue weighted by Crippen LogP contribution is -2.33. The Bertz CT molecular complexity index is 476. The van der Waals surface area contributed by atoms with Gasteiger partial charge in [-0.05, 0) is 32.6 Å². The number of carbonyl (C=O) groups is 1. The van der Waals surface area contributed by atoms with Crippen LogP contribution in [0, 0.1) is 5.82 Å². The highest BCUT2D eigenvalue weighted by Crippen LogP contribution is 2.25. The first kappa shape index (κ1) is 16.2. The van der Waals surface area contributed by atoms with E-state index in [4.69, 9.17) is 11.5 Å². The van der Waals surface area contributed by atoms with Crippen LogP contribution in [0.25, 0.3) is 0 Å². The molecule has 1 aromatic carbocycles. The van der Waals surface area contributed by atoms with Gasteiger partial charge in [0.25, 0.3) is 5.91 Å². The van der Waals surface area contributed by atoms with Crippen molar-refractivity contribution in [2.75, 3.05) is 44.4 Å². The summed E-state index contributed by atoms with van der Waals surface area (Å²) in [5.74, 6) is -1.08. The number of likely N-dealkylation sites (N-methyl/N-ethyl adjacent to an activating group) is 1. The summed E-state index contributed by atoms with van der Waals surface area (Å²) in [4.78, 5) is 15.2. The number of rotatable bonds is 7. The van der Waals surface area contributed by atoms with Gasteiger partial charge in [-0.15, -0.1) is 0 Å². The second-order valence-electron chi connectivity index (χ2n) is 5.05. The van der Waals surface area contributed by atoms with Crippen molar-refractivity contribution in [1.82, 2.24) is 4.90 Å². The molecule has 0 saturated carbocycles. The fourth-order valence-electron chi connectivity index (χ4n) is 1.98. The molecule has 0 heterocycles. The number of nitrogen functional groups attached to an aromatic ring is 1. The molecule has 0 saturated heterocycles. The van der Waals surface area contributed by atoms with Crippen molar-refractivity contribution in [3.05, 3.63) is 23.5 Å². The van der Waals surface area contributed by atoms with Gasteiger partial charge in [0.1, 0.15) is 5.82 Å². The monoisotopic (exact) mass is 282 g/mol. The molecule has 112 valence electrons. The van der Waals surface area contributed by atoms with Crippen molar-refractivity contribution < 1.29 is 9.18 Å². The number of primary amides is 1. The van der Waals surface area contributed by atoms with E-state index in [2.05, 4.69) is 0 Å². The standard InChI is InChI=1S/C14H23FN4O/c1-4-5-19(7-6-18(2)3)13-8-10(14(17)20)12(16)9-11(13)15/h8-9H,4-7,16H2,1-3H3,(H2,17,20). The maximum absolute atomic E-state index is 14.1. The van der Waals surface area contributed by atoms with E-state index in [1.54, 1.807) is 0 Å². The van der Waals surface area contributed by atoms with Gasteiger partial charge in [-0.2, -0.15) is 0 Å². The third-order valence-corrected chi connectivity index (χ3v) is 3.04. The highest BCUT2D eigenvalue weighted by Gasteiger charge is 2.16. The molecule has 6 heteroatoms. The van der Waals surface area contributed by atoms with Crippen LogP contribution in [0.1, 0.15) is 23.7 Å². The Morgan fingerprint density at radius 1 is 1.25 bits per heavy atom. The van der Waals surface area contributed by atoms with E-state index in [0.717, 1.165) is 19.0 Å². The van der Waals surface area contributed by atoms with Gasteiger partial charge in [0, 0.05) is 25.3 Å². The van der Waals surface area contributed by atoms with Crippen molar-refractivity contribution in [2.45, 2.75) is 13.3 Å². The molecule has 0 radical (unpaired) electrons. The molecule has 20 heavy (non-hydrogen) atoms. The number of nitrogens with two attached hydrogens (primary N) is 2. The Morgan fingerprint density at radius 2 is 1.90 bits per heavy atom. The smallest absolute Gasteiger partial charge is 0.250 e. The number of hydrogen-bond donors (Lipinski definition) is 2. The minimum absolute atomic E-state index is 0.0720. The van der Waals surface area contributed by atoms with Gasteiger partial charge in [0.05, 0.1) is 11.3 Å². The molecular formula is C14H23FN4O. The molecule has 0 aliphatic carbocycles. The third kappa shape index (κ3) is 4.09. The van der Waals surface area contributed by atoms with Crippen LogP contribution < -0.4 is 16.4 Å². The Morgan fingerprint density at radius 3 is 2.40 bits per heavy atom. The summed E-state index contributed by atoms with van der Waals surface area (Å²) in [6, 6.07) is 2.60. The van der Waals surface area contributed by atoms with E-state index in [9.17, 15) is 9.18 Å². The van der Waals surface area contributed by atoms with Gasteiger partial charge in [-0.25, -0.2) is 4.39 Å². The van der Waals surface area contributed by atoms with Crippen molar-refractivity contribution in [2.24, 2.45) is 5.73 Å². The number of hydrogen-bond acceptors (Lipinski definition) is 4. The van der Waals surface area contributed by atoms with Gasteiger partial charge >= 0.3 is 0 Å². The summed E-state index contributed by atoms with van der Waals surface area (Å²) in [6.45, 7) is 4.18. The molecule has 0 fully saturated rings. The number of amides is 1. The van der Waals surface area contributed by atoms with Gasteiger partial charge < -0.3 is 21.3 Å². The van der Waals surface area contributed by atoms with Gasteiger partial charge in [0.2, 0.25) is 0 Å². The van der Waals surface area contributed by atoms with E-state index in [-0.39, 0.29) is 11.3 Å². The molecule has 5 nitrogen and oxygen atoms in total. The van der Waals surface area contributed by atoms with Gasteiger partial charge in [-0.3, -0.25) is 4.79 Å². The Balaban J connectivity index is 3.11. The maximum Gasteiger partial charge on any atom is 0.250 e. The van der Waals surface area contributed by atoms with Crippen LogP contribution in [0.2, 0.25) is 0 Å². The zero-order valence-electron chi connectivity index (χ0n) is 12.3. The van der Waals surface area contributed by atoms with Crippen LogP contribution in [0.15, 0.2) is 12.1 Å². The number of benzene rings is 1. The van der Waals surface area contributed by atoms with E-state index < -0.39 is 11.7 Å². The van der Waals surface area contributed by atoms with Crippen molar-refractivity contribution in [3.8, 4) is 0 Å². The van der Waals surface area contributed by atoms with Crippen LogP contribution in [0.3, 0.4) is 0 Å². The molecule has 0 aliphatic heterocycles. The Kier molecular flexibility index (Phi) is 5.76. The molecule has 0 aromatic heterocycles. The maximum atomic E-state index is 14.1. The first-order valence-electron chi connectivity index (χ1n) is 6.65. The first-order valence-corrected chi connectivity index (χ1v) is 6.65. The lowest BCUT2D eigenvalue weighted by molar-refractivity contribution is 0.100. The topological polar surface area (TPSA) is 75.6 Å². The van der Waals surface area contributed by atoms with E-state index >= 15 is 0 Å². The van der Waals surface area contributed by atoms with Crippen LogP contribution in [-0.2, 0) is 0 Å². The summed E-state index contributed by atoms with van der Waals surface area (Å²) in [6.07, 6.45) is 0.878. The number of halogens is 1. The van der Waals surface area contributed by atoms with Crippen molar-refractivity contribution in [1.29, 1.82) is 0 Å². The average Bonchev–Trinajstić information content (AvgIpc) is 2.34. The predicted molar refractivity (Wildman–Crippen MR) is 80.4 cm³/mol. The minimum atomic E-state index is -0.646. The number of nitrogens with zero attached hydrogens (tertiary/aromatic N) is 2. The molecule has 0 bridgehead atoms. The number of anilines is 2. The van der Waals surface area contributed by atoms with Crippen molar-refractivity contribution in [3.63, 3.8) is 0 Å². The third-order valence-electron chi connectivity index (χ3n) is 3.04. The lowest BCUT2D eigenvalue weighted by Gasteiger charge is -2.27. The molecule has 4 N–H and O–H groups in total. The number of carbonyl (C=O) groups excluding carboxylic acids is 1. The highest BCUT2D eigenvalue weighted by molar-refractivity contribution is 5.99. The molecular weight excluding hydrogens is 259 g/mol. The van der Waals surface area contributed by atoms with Crippen LogP contribution in [0.4, 0.5) is 15.8 Å². The van der Waals surface area contributed by atoms with Crippen LogP contribution in [-0.4, -0.2) is 44.5 Å². The summed E-state index contributed by atoms with van der Waals surface area (Å²) < 4.78 is 14.1. The van der Waals surface area contributed by atoms with E-state index in [1.807, 2.05) is 30.8 Å². The molecule has 0 spiro atoms. The second kappa shape index (κ2) is 7.09. The van der Waals surface area contributed by atoms with E-state index in [0.29, 0.717) is 18.8 Å². The fraction of sp³-hybridized carbons (Fsp3) is 0.500. The zero-order chi connectivity index (χ0) is 15.3. The summed E-state index contributed by atoms with van der Waals surface area (Å²) in [7, 11) is 3.91. The van der Waals surface area contributed by atoms with Gasteiger partial charge in [0.15, 0.2) is 0 Å².